The van der Waals surface area contributed by atoms with Crippen molar-refractivity contribution >= 4 is 62.8 Å². The van der Waals surface area contributed by atoms with Gasteiger partial charge < -0.3 is 45.0 Å². The average Bonchev–Trinajstić information content (AvgIpc) is 4.02. The summed E-state index contributed by atoms with van der Waals surface area (Å²) in [4.78, 5) is 73.4. The Labute approximate surface area is 320 Å². The molecule has 14 nitrogen and oxygen atoms in total. The number of aliphatic carboxylic acids is 1. The van der Waals surface area contributed by atoms with Crippen LogP contribution in [0.2, 0.25) is 0 Å². The summed E-state index contributed by atoms with van der Waals surface area (Å²) < 4.78 is 12.5. The first-order chi connectivity index (χ1) is 27.1. The summed E-state index contributed by atoms with van der Waals surface area (Å²) in [5, 5.41) is 15.6. The number of carboxylic acid groups (broad SMARTS) is 1. The molecule has 0 radical (unpaired) electrons. The first-order valence-corrected chi connectivity index (χ1v) is 18.2. The van der Waals surface area contributed by atoms with Crippen LogP contribution in [0.1, 0.15) is 50.2 Å². The van der Waals surface area contributed by atoms with Gasteiger partial charge in [0.2, 0.25) is 11.8 Å². The number of nitrogens with zero attached hydrogens (tertiary/aromatic N) is 2. The normalized spacial score (nSPS) is 13.1. The van der Waals surface area contributed by atoms with Crippen molar-refractivity contribution in [2.45, 2.75) is 33.0 Å². The van der Waals surface area contributed by atoms with Crippen LogP contribution in [0.5, 0.6) is 11.5 Å². The Morgan fingerprint density at radius 1 is 0.661 bits per heavy atom. The molecule has 0 saturated carbocycles. The van der Waals surface area contributed by atoms with E-state index in [0.29, 0.717) is 59.5 Å². The van der Waals surface area contributed by atoms with Gasteiger partial charge in [-0.3, -0.25) is 24.0 Å². The van der Waals surface area contributed by atoms with Crippen LogP contribution in [-0.4, -0.2) is 70.9 Å². The molecule has 284 valence electrons. The van der Waals surface area contributed by atoms with Gasteiger partial charge in [0.05, 0.1) is 29.0 Å². The third-order valence-electron chi connectivity index (χ3n) is 10.1. The number of aromatic nitrogens is 2. The van der Waals surface area contributed by atoms with Gasteiger partial charge in [0, 0.05) is 42.9 Å². The molecule has 2 aromatic heterocycles. The van der Waals surface area contributed by atoms with E-state index in [4.69, 9.17) is 14.6 Å². The highest BCUT2D eigenvalue weighted by Crippen LogP contribution is 2.42. The van der Waals surface area contributed by atoms with Gasteiger partial charge in [-0.25, -0.2) is 0 Å². The summed E-state index contributed by atoms with van der Waals surface area (Å²) in [5.41, 5.74) is 6.54. The van der Waals surface area contributed by atoms with E-state index >= 15 is 0 Å². The fraction of sp³-hybridized carbons (Fsp3) is 0.214. The van der Waals surface area contributed by atoms with Crippen molar-refractivity contribution < 1.29 is 38.6 Å². The minimum absolute atomic E-state index is 0.0820. The number of amides is 4. The molecule has 0 atom stereocenters. The third-order valence-corrected chi connectivity index (χ3v) is 10.1. The Kier molecular flexibility index (Phi) is 9.60. The highest BCUT2D eigenvalue weighted by molar-refractivity contribution is 6.09. The number of hydrogen-bond donors (Lipinski definition) is 5. The van der Waals surface area contributed by atoms with Crippen molar-refractivity contribution in [3.05, 3.63) is 119 Å². The third kappa shape index (κ3) is 6.99. The molecule has 2 aliphatic rings. The molecule has 2 aliphatic heterocycles. The number of nitrogens with one attached hydrogen (secondary N) is 4. The predicted octanol–water partition coefficient (Wildman–Crippen LogP) is 4.85. The van der Waals surface area contributed by atoms with E-state index in [1.807, 2.05) is 66.7 Å². The molecule has 5 N–H and O–H groups in total. The van der Waals surface area contributed by atoms with Crippen LogP contribution in [0.15, 0.2) is 84.9 Å². The molecule has 8 rings (SSSR count). The van der Waals surface area contributed by atoms with Gasteiger partial charge >= 0.3 is 5.97 Å². The molecular weight excluding hydrogens is 716 g/mol. The topological polar surface area (TPSA) is 186 Å². The van der Waals surface area contributed by atoms with Gasteiger partial charge in [0.25, 0.3) is 11.8 Å². The number of carboxylic acids is 1. The first-order valence-electron chi connectivity index (χ1n) is 18.2. The van der Waals surface area contributed by atoms with Crippen molar-refractivity contribution in [3.8, 4) is 11.5 Å². The van der Waals surface area contributed by atoms with E-state index in [1.165, 1.54) is 6.92 Å². The van der Waals surface area contributed by atoms with E-state index in [-0.39, 0.29) is 43.0 Å². The molecule has 0 saturated heterocycles. The van der Waals surface area contributed by atoms with E-state index in [0.717, 1.165) is 33.3 Å². The zero-order chi connectivity index (χ0) is 38.9. The maximum Gasteiger partial charge on any atom is 0.322 e. The second-order valence-electron chi connectivity index (χ2n) is 13.7. The van der Waals surface area contributed by atoms with Gasteiger partial charge in [0.1, 0.15) is 42.6 Å². The summed E-state index contributed by atoms with van der Waals surface area (Å²) in [6, 6.07) is 26.2. The van der Waals surface area contributed by atoms with Gasteiger partial charge in [-0.1, -0.05) is 60.7 Å². The summed E-state index contributed by atoms with van der Waals surface area (Å²) >= 11 is 0. The first kappa shape index (κ1) is 35.9. The molecule has 0 spiro atoms. The van der Waals surface area contributed by atoms with Gasteiger partial charge in [-0.2, -0.15) is 0 Å². The molecule has 14 heteroatoms. The van der Waals surface area contributed by atoms with Crippen LogP contribution in [0, 0.1) is 0 Å². The van der Waals surface area contributed by atoms with Crippen LogP contribution in [0.3, 0.4) is 0 Å². The highest BCUT2D eigenvalue weighted by atomic mass is 16.5. The summed E-state index contributed by atoms with van der Waals surface area (Å²) in [6.07, 6.45) is 1.10. The fourth-order valence-corrected chi connectivity index (χ4v) is 7.44. The molecule has 4 heterocycles. The number of H-pyrrole nitrogens is 2. The molecule has 6 aromatic rings. The Balaban J connectivity index is 1.04. The maximum atomic E-state index is 13.8. The molecule has 0 fully saturated rings. The number of carbonyl (C=O) groups is 5. The molecule has 0 bridgehead atoms. The molecule has 0 aliphatic carbocycles. The van der Waals surface area contributed by atoms with Crippen LogP contribution < -0.4 is 29.9 Å². The molecule has 4 aromatic carbocycles. The number of anilines is 2. The highest BCUT2D eigenvalue weighted by Gasteiger charge is 2.31. The second-order valence-corrected chi connectivity index (χ2v) is 13.7. The zero-order valence-corrected chi connectivity index (χ0v) is 30.4. The van der Waals surface area contributed by atoms with Gasteiger partial charge in [0.15, 0.2) is 0 Å². The summed E-state index contributed by atoms with van der Waals surface area (Å²) in [6.45, 7) is 2.05. The predicted molar refractivity (Wildman–Crippen MR) is 208 cm³/mol. The van der Waals surface area contributed by atoms with Crippen molar-refractivity contribution in [1.82, 2.24) is 20.6 Å². The van der Waals surface area contributed by atoms with E-state index in [9.17, 15) is 24.0 Å². The lowest BCUT2D eigenvalue weighted by Gasteiger charge is -2.19. The van der Waals surface area contributed by atoms with E-state index in [1.54, 1.807) is 28.0 Å². The lowest BCUT2D eigenvalue weighted by Crippen LogP contribution is -2.39. The van der Waals surface area contributed by atoms with Crippen LogP contribution in [0.4, 0.5) is 11.4 Å². The number of rotatable bonds is 12. The Hall–Kier alpha value is -7.09. The minimum Gasteiger partial charge on any atom is -0.487 e. The maximum absolute atomic E-state index is 13.8. The van der Waals surface area contributed by atoms with Crippen molar-refractivity contribution in [2.24, 2.45) is 0 Å². The standard InChI is InChI=1S/C42H38N6O8/c1-24(49)47-14-12-27-29-16-31(45-39(29)35(18-33(27)47)55-22-25-8-4-2-5-9-25)41(53)43-20-37(50)48-15-13-28-30-17-32(42(54)44-21-38(51)52)46-40(30)36(19-34(28)48)56-23-26-10-6-3-7-11-26/h2-11,16-19,45-46H,12-15,20-23H2,1H3,(H,43,53)(H,44,54)(H,51,52). The lowest BCUT2D eigenvalue weighted by atomic mass is 10.1. The van der Waals surface area contributed by atoms with Gasteiger partial charge in [-0.15, -0.1) is 0 Å². The quantitative estimate of drug-likeness (QED) is 0.117. The van der Waals surface area contributed by atoms with Crippen molar-refractivity contribution in [3.63, 3.8) is 0 Å². The van der Waals surface area contributed by atoms with E-state index < -0.39 is 24.3 Å². The molecular formula is C42H38N6O8. The SMILES string of the molecule is CC(=O)N1CCc2c1cc(OCc1ccccc1)c1[nH]c(C(=O)NCC(=O)N3CCc4c3cc(OCc3ccccc3)c3[nH]c(C(=O)NCC(=O)O)cc43)cc21. The smallest absolute Gasteiger partial charge is 0.322 e. The number of hydrogen-bond acceptors (Lipinski definition) is 7. The minimum atomic E-state index is -1.17. The average molecular weight is 755 g/mol. The Morgan fingerprint density at radius 3 is 1.61 bits per heavy atom. The molecule has 0 unspecified atom stereocenters. The monoisotopic (exact) mass is 754 g/mol. The number of fused-ring (bicyclic) bond motifs is 6. The number of ether oxygens (including phenoxy) is 2. The molecule has 4 amide bonds. The fourth-order valence-electron chi connectivity index (χ4n) is 7.44. The van der Waals surface area contributed by atoms with Gasteiger partial charge in [-0.05, 0) is 47.2 Å². The summed E-state index contributed by atoms with van der Waals surface area (Å²) in [7, 11) is 0. The number of aromatic amines is 2. The van der Waals surface area contributed by atoms with E-state index in [2.05, 4.69) is 20.6 Å². The Morgan fingerprint density at radius 2 is 1.12 bits per heavy atom. The largest absolute Gasteiger partial charge is 0.487 e. The lowest BCUT2D eigenvalue weighted by molar-refractivity contribution is -0.135. The molecule has 56 heavy (non-hydrogen) atoms. The second kappa shape index (κ2) is 15.0. The Bertz CT molecular complexity index is 2530. The number of benzene rings is 4. The van der Waals surface area contributed by atoms with Crippen molar-refractivity contribution in [1.29, 1.82) is 0 Å². The number of carbonyl (C=O) groups excluding carboxylic acids is 4. The zero-order valence-electron chi connectivity index (χ0n) is 30.4. The van der Waals surface area contributed by atoms with Crippen LogP contribution in [0.25, 0.3) is 21.8 Å². The van der Waals surface area contributed by atoms with Crippen LogP contribution >= 0.6 is 0 Å². The van der Waals surface area contributed by atoms with Crippen LogP contribution in [-0.2, 0) is 40.4 Å². The summed E-state index contributed by atoms with van der Waals surface area (Å²) in [5.74, 6) is -1.76. The van der Waals surface area contributed by atoms with Crippen molar-refractivity contribution in [2.75, 3.05) is 36.0 Å².